The van der Waals surface area contributed by atoms with Crippen LogP contribution in [-0.2, 0) is 75.4 Å². The molecule has 90 heavy (non-hydrogen) atoms. The summed E-state index contributed by atoms with van der Waals surface area (Å²) in [5.41, 5.74) is -6.46. The Kier molecular flexibility index (Phi) is 14.0. The predicted molar refractivity (Wildman–Crippen MR) is 324 cm³/mol. The minimum atomic E-state index is -2.95. The number of halogens is 4. The topological polar surface area (TPSA) is 173 Å². The van der Waals surface area contributed by atoms with E-state index in [1.807, 2.05) is 0 Å². The van der Waals surface area contributed by atoms with Gasteiger partial charge in [0.2, 0.25) is 10.8 Å². The van der Waals surface area contributed by atoms with Crippen LogP contribution in [0.15, 0.2) is 199 Å². The molecule has 12 nitrogen and oxygen atoms in total. The second-order valence-electron chi connectivity index (χ2n) is 21.7. The number of benzene rings is 8. The number of Topliss-reactive ketones (excluding diaryl/α,β-unsaturated/α-hetero) is 4. The van der Waals surface area contributed by atoms with E-state index in [4.69, 9.17) is 18.9 Å². The summed E-state index contributed by atoms with van der Waals surface area (Å²) in [4.78, 5) is 123. The van der Waals surface area contributed by atoms with Gasteiger partial charge in [-0.1, -0.05) is 121 Å². The molecule has 8 aromatic carbocycles. The average molecular weight is 1240 g/mol. The molecule has 0 aliphatic heterocycles. The van der Waals surface area contributed by atoms with Crippen LogP contribution in [-0.4, -0.2) is 47.0 Å². The lowest BCUT2D eigenvalue weighted by molar-refractivity contribution is -0.167. The zero-order valence-electron chi connectivity index (χ0n) is 46.5. The molecule has 0 atom stereocenters. The van der Waals surface area contributed by atoms with E-state index in [1.165, 1.54) is 42.5 Å². The van der Waals surface area contributed by atoms with Crippen molar-refractivity contribution >= 4 is 103 Å². The van der Waals surface area contributed by atoms with E-state index < -0.39 is 113 Å². The van der Waals surface area contributed by atoms with Crippen LogP contribution < -0.4 is 0 Å². The van der Waals surface area contributed by atoms with Crippen LogP contribution in [0.1, 0.15) is 90.1 Å². The maximum absolute atomic E-state index is 16.2. The summed E-state index contributed by atoms with van der Waals surface area (Å²) in [6, 6.07) is 43.8. The van der Waals surface area contributed by atoms with Gasteiger partial charge in [0, 0.05) is 48.7 Å². The standard InChI is InChI=1S/C72H40F4O12S2/c73-54-25-41-21-47-48(22-42(41)26-55(54)74)62(78)51(61(47)77)29-45-30-58-59(71(45,67(81)85-33-37-13-5-1-6-14-37)68(82)86-34-38-15-7-2-8-16-38)60-66(90-58)65-53(72(60,69(83)87-35-39-17-9-3-10-18-39)70(84)88-36-40-19-11-4-12-20-40)32-46(89-65)31-52-63(79)49-23-43-27-56(75)57(76)28-44(43)24-50(49)64(52)80/h1-32H,33-36H2. The molecule has 4 aliphatic carbocycles. The van der Waals surface area contributed by atoms with Crippen LogP contribution in [0.2, 0.25) is 0 Å². The van der Waals surface area contributed by atoms with Crippen molar-refractivity contribution in [3.8, 4) is 9.75 Å². The van der Waals surface area contributed by atoms with E-state index >= 15 is 19.2 Å². The molecule has 2 heterocycles. The number of esters is 4. The third-order valence-corrected chi connectivity index (χ3v) is 18.8. The van der Waals surface area contributed by atoms with E-state index in [2.05, 4.69) is 0 Å². The van der Waals surface area contributed by atoms with E-state index in [1.54, 1.807) is 121 Å². The lowest BCUT2D eigenvalue weighted by Gasteiger charge is -2.33. The first kappa shape index (κ1) is 57.0. The molecule has 0 N–H and O–H groups in total. The van der Waals surface area contributed by atoms with Crippen molar-refractivity contribution in [3.05, 3.63) is 293 Å². The molecule has 0 spiro atoms. The van der Waals surface area contributed by atoms with E-state index in [-0.39, 0.29) is 91.1 Å². The van der Waals surface area contributed by atoms with Crippen molar-refractivity contribution in [2.75, 3.05) is 0 Å². The summed E-state index contributed by atoms with van der Waals surface area (Å²) in [6.07, 6.45) is 3.67. The normalized spacial score (nSPS) is 14.6. The quantitative estimate of drug-likeness (QED) is 0.0252. The SMILES string of the molecule is O=C1C(=CC2=Cc3sc4c(c3C2(C(=O)OCc2ccccc2)C(=O)OCc2ccccc2)C(C(=O)OCc2ccccc2)(C(=O)OCc2ccccc2)c2cc(C=C3C(=O)c5cc6cc(F)c(F)cc6cc5C3=O)sc2-4)C(=O)c2cc3cc(F)c(F)cc3cc21. The molecule has 4 aliphatic rings. The number of allylic oxidation sites excluding steroid dienone is 3. The zero-order chi connectivity index (χ0) is 62.3. The summed E-state index contributed by atoms with van der Waals surface area (Å²) in [5.74, 6) is -13.2. The van der Waals surface area contributed by atoms with Crippen molar-refractivity contribution in [2.24, 2.45) is 0 Å². The Hall–Kier alpha value is -10.8. The monoisotopic (exact) mass is 1240 g/mol. The van der Waals surface area contributed by atoms with Gasteiger partial charge in [0.25, 0.3) is 0 Å². The molecule has 440 valence electrons. The van der Waals surface area contributed by atoms with Gasteiger partial charge >= 0.3 is 23.9 Å². The van der Waals surface area contributed by atoms with Crippen molar-refractivity contribution in [2.45, 2.75) is 37.3 Å². The highest BCUT2D eigenvalue weighted by Crippen LogP contribution is 2.64. The third-order valence-electron chi connectivity index (χ3n) is 16.4. The van der Waals surface area contributed by atoms with Crippen LogP contribution in [0.5, 0.6) is 0 Å². The van der Waals surface area contributed by atoms with Crippen molar-refractivity contribution in [1.29, 1.82) is 0 Å². The molecule has 18 heteroatoms. The fourth-order valence-electron chi connectivity index (χ4n) is 12.1. The van der Waals surface area contributed by atoms with Gasteiger partial charge in [-0.3, -0.25) is 38.4 Å². The van der Waals surface area contributed by atoms with Gasteiger partial charge in [0.05, 0.1) is 20.9 Å². The third kappa shape index (κ3) is 9.16. The lowest BCUT2D eigenvalue weighted by atomic mass is 9.69. The van der Waals surface area contributed by atoms with Crippen LogP contribution in [0.3, 0.4) is 0 Å². The maximum atomic E-state index is 16.2. The molecule has 0 amide bonds. The highest BCUT2D eigenvalue weighted by Gasteiger charge is 2.68. The minimum absolute atomic E-state index is 0.0406. The lowest BCUT2D eigenvalue weighted by Crippen LogP contribution is -2.51. The number of thiophene rings is 2. The molecule has 14 rings (SSSR count). The summed E-state index contributed by atoms with van der Waals surface area (Å²) >= 11 is 1.84. The first-order valence-electron chi connectivity index (χ1n) is 27.9. The van der Waals surface area contributed by atoms with E-state index in [0.717, 1.165) is 53.0 Å². The average Bonchev–Trinajstić information content (AvgIpc) is 1.49. The zero-order valence-corrected chi connectivity index (χ0v) is 48.2. The Bertz CT molecular complexity index is 4690. The first-order valence-corrected chi connectivity index (χ1v) is 29.5. The van der Waals surface area contributed by atoms with Crippen molar-refractivity contribution in [1.82, 2.24) is 0 Å². The van der Waals surface area contributed by atoms with Crippen LogP contribution in [0.4, 0.5) is 17.6 Å². The number of rotatable bonds is 14. The number of hydrogen-bond donors (Lipinski definition) is 0. The number of hydrogen-bond acceptors (Lipinski definition) is 14. The van der Waals surface area contributed by atoms with Gasteiger partial charge < -0.3 is 18.9 Å². The molecule has 10 aromatic rings. The van der Waals surface area contributed by atoms with Crippen LogP contribution in [0, 0.1) is 23.3 Å². The van der Waals surface area contributed by atoms with Crippen molar-refractivity contribution < 1.29 is 74.9 Å². The first-order chi connectivity index (χ1) is 43.5. The van der Waals surface area contributed by atoms with Crippen molar-refractivity contribution in [3.63, 3.8) is 0 Å². The number of fused-ring (bicyclic) bond motifs is 9. The molecule has 0 unspecified atom stereocenters. The highest BCUT2D eigenvalue weighted by molar-refractivity contribution is 7.24. The van der Waals surface area contributed by atoms with Gasteiger partial charge in [-0.05, 0) is 122 Å². The Morgan fingerprint density at radius 1 is 0.389 bits per heavy atom. The van der Waals surface area contributed by atoms with Gasteiger partial charge in [0.15, 0.2) is 46.4 Å². The maximum Gasteiger partial charge on any atom is 0.333 e. The molecule has 0 bridgehead atoms. The van der Waals surface area contributed by atoms with E-state index in [9.17, 15) is 36.7 Å². The largest absolute Gasteiger partial charge is 0.459 e. The molecule has 0 radical (unpaired) electrons. The molecule has 0 saturated carbocycles. The number of ether oxygens (including phenoxy) is 4. The van der Waals surface area contributed by atoms with Crippen LogP contribution >= 0.6 is 22.7 Å². The molecular weight excluding hydrogens is 1200 g/mol. The number of ketones is 4. The second-order valence-corrected chi connectivity index (χ2v) is 23.9. The summed E-state index contributed by atoms with van der Waals surface area (Å²) in [7, 11) is 0. The van der Waals surface area contributed by atoms with Crippen LogP contribution in [0.25, 0.3) is 43.5 Å². The molecular formula is C72H40F4O12S2. The molecule has 2 aromatic heterocycles. The Morgan fingerprint density at radius 3 is 1.08 bits per heavy atom. The second kappa shape index (κ2) is 22.1. The Morgan fingerprint density at radius 2 is 0.722 bits per heavy atom. The smallest absolute Gasteiger partial charge is 0.333 e. The fraction of sp³-hybridized carbons (Fsp3) is 0.0833. The number of carbonyl (C=O) groups is 8. The Labute approximate surface area is 515 Å². The summed E-state index contributed by atoms with van der Waals surface area (Å²) in [6.45, 7) is -1.82. The highest BCUT2D eigenvalue weighted by atomic mass is 32.1. The van der Waals surface area contributed by atoms with Gasteiger partial charge in [-0.15, -0.1) is 22.7 Å². The van der Waals surface area contributed by atoms with Gasteiger partial charge in [-0.25, -0.2) is 17.6 Å². The summed E-state index contributed by atoms with van der Waals surface area (Å²) in [5, 5.41) is 0.496. The van der Waals surface area contributed by atoms with Gasteiger partial charge in [-0.2, -0.15) is 0 Å². The van der Waals surface area contributed by atoms with Gasteiger partial charge in [0.1, 0.15) is 26.4 Å². The summed E-state index contributed by atoms with van der Waals surface area (Å²) < 4.78 is 83.2. The molecule has 0 fully saturated rings. The molecule has 0 saturated heterocycles. The van der Waals surface area contributed by atoms with E-state index in [0.29, 0.717) is 22.3 Å². The predicted octanol–water partition coefficient (Wildman–Crippen LogP) is 14.0. The number of carbonyl (C=O) groups excluding carboxylic acids is 8. The Balaban J connectivity index is 1.01. The minimum Gasteiger partial charge on any atom is -0.459 e. The fourth-order valence-corrected chi connectivity index (χ4v) is 14.8.